The number of carboxylic acid groups (broad SMARTS) is 1. The molecule has 0 aromatic carbocycles. The van der Waals surface area contributed by atoms with Crippen molar-refractivity contribution in [1.29, 1.82) is 0 Å². The van der Waals surface area contributed by atoms with E-state index in [-0.39, 0.29) is 18.4 Å². The van der Waals surface area contributed by atoms with Gasteiger partial charge in [0.25, 0.3) is 5.91 Å². The summed E-state index contributed by atoms with van der Waals surface area (Å²) < 4.78 is 5.89. The van der Waals surface area contributed by atoms with Gasteiger partial charge in [-0.25, -0.2) is 4.98 Å². The molecule has 1 aliphatic rings. The number of pyridine rings is 1. The SMILES string of the molecule is CC(C)(CCC(=O)O)NC(=O)c1ccnc(OC2CCCCC2)c1. The minimum absolute atomic E-state index is 0.0136. The molecule has 6 heteroatoms. The van der Waals surface area contributed by atoms with Crippen LogP contribution in [-0.4, -0.2) is 33.6 Å². The predicted molar refractivity (Wildman–Crippen MR) is 90.2 cm³/mol. The molecule has 0 unspecified atom stereocenters. The Morgan fingerprint density at radius 1 is 1.33 bits per heavy atom. The number of aromatic nitrogens is 1. The van der Waals surface area contributed by atoms with E-state index in [1.54, 1.807) is 18.3 Å². The molecule has 2 N–H and O–H groups in total. The number of aliphatic carboxylic acids is 1. The average Bonchev–Trinajstić information content (AvgIpc) is 2.54. The molecule has 1 aromatic rings. The topological polar surface area (TPSA) is 88.5 Å². The third kappa shape index (κ3) is 5.83. The van der Waals surface area contributed by atoms with Crippen LogP contribution >= 0.6 is 0 Å². The van der Waals surface area contributed by atoms with Gasteiger partial charge in [-0.3, -0.25) is 9.59 Å². The van der Waals surface area contributed by atoms with Crippen LogP contribution in [0.4, 0.5) is 0 Å². The van der Waals surface area contributed by atoms with Gasteiger partial charge in [-0.05, 0) is 52.0 Å². The van der Waals surface area contributed by atoms with E-state index < -0.39 is 11.5 Å². The van der Waals surface area contributed by atoms with E-state index >= 15 is 0 Å². The number of carbonyl (C=O) groups is 2. The zero-order valence-electron chi connectivity index (χ0n) is 14.4. The predicted octanol–water partition coefficient (Wildman–Crippen LogP) is 3.17. The van der Waals surface area contributed by atoms with Crippen LogP contribution in [0.25, 0.3) is 0 Å². The van der Waals surface area contributed by atoms with Crippen molar-refractivity contribution >= 4 is 11.9 Å². The zero-order valence-corrected chi connectivity index (χ0v) is 14.4. The summed E-state index contributed by atoms with van der Waals surface area (Å²) in [4.78, 5) is 27.3. The molecular formula is C18H26N2O4. The van der Waals surface area contributed by atoms with E-state index in [9.17, 15) is 9.59 Å². The molecule has 1 aliphatic carbocycles. The number of ether oxygens (including phenoxy) is 1. The highest BCUT2D eigenvalue weighted by Crippen LogP contribution is 2.23. The molecule has 0 aliphatic heterocycles. The molecule has 1 amide bonds. The Morgan fingerprint density at radius 3 is 2.71 bits per heavy atom. The first-order valence-electron chi connectivity index (χ1n) is 8.53. The molecule has 0 spiro atoms. The standard InChI is InChI=1S/C18H26N2O4/c1-18(2,10-8-16(21)22)20-17(23)13-9-11-19-15(12-13)24-14-6-4-3-5-7-14/h9,11-12,14H,3-8,10H2,1-2H3,(H,20,23)(H,21,22). The van der Waals surface area contributed by atoms with Crippen molar-refractivity contribution in [3.63, 3.8) is 0 Å². The van der Waals surface area contributed by atoms with E-state index in [0.29, 0.717) is 17.9 Å². The maximum Gasteiger partial charge on any atom is 0.303 e. The molecule has 1 heterocycles. The van der Waals surface area contributed by atoms with Crippen LogP contribution in [0.15, 0.2) is 18.3 Å². The fourth-order valence-electron chi connectivity index (χ4n) is 2.83. The lowest BCUT2D eigenvalue weighted by Crippen LogP contribution is -2.43. The van der Waals surface area contributed by atoms with Gasteiger partial charge in [0.1, 0.15) is 6.10 Å². The van der Waals surface area contributed by atoms with Crippen LogP contribution in [0.1, 0.15) is 69.2 Å². The largest absolute Gasteiger partial charge is 0.481 e. The first-order valence-corrected chi connectivity index (χ1v) is 8.53. The summed E-state index contributed by atoms with van der Waals surface area (Å²) in [7, 11) is 0. The number of carboxylic acids is 1. The fourth-order valence-corrected chi connectivity index (χ4v) is 2.83. The first-order chi connectivity index (χ1) is 11.4. The van der Waals surface area contributed by atoms with Gasteiger partial charge in [0, 0.05) is 29.8 Å². The lowest BCUT2D eigenvalue weighted by Gasteiger charge is -2.26. The molecule has 1 fully saturated rings. The lowest BCUT2D eigenvalue weighted by atomic mass is 9.97. The molecule has 0 saturated heterocycles. The summed E-state index contributed by atoms with van der Waals surface area (Å²) in [5.74, 6) is -0.649. The zero-order chi connectivity index (χ0) is 17.6. The quantitative estimate of drug-likeness (QED) is 0.799. The molecule has 1 aromatic heterocycles. The van der Waals surface area contributed by atoms with Crippen LogP contribution < -0.4 is 10.1 Å². The van der Waals surface area contributed by atoms with Crippen molar-refractivity contribution in [2.45, 2.75) is 70.4 Å². The van der Waals surface area contributed by atoms with Crippen molar-refractivity contribution in [2.24, 2.45) is 0 Å². The summed E-state index contributed by atoms with van der Waals surface area (Å²) in [6.07, 6.45) is 7.77. The van der Waals surface area contributed by atoms with Gasteiger partial charge in [-0.1, -0.05) is 6.42 Å². The highest BCUT2D eigenvalue weighted by atomic mass is 16.5. The maximum atomic E-state index is 12.4. The summed E-state index contributed by atoms with van der Waals surface area (Å²) >= 11 is 0. The van der Waals surface area contributed by atoms with Crippen molar-refractivity contribution in [1.82, 2.24) is 10.3 Å². The molecule has 6 nitrogen and oxygen atoms in total. The number of hydrogen-bond donors (Lipinski definition) is 2. The Labute approximate surface area is 142 Å². The third-order valence-electron chi connectivity index (χ3n) is 4.25. The molecule has 2 rings (SSSR count). The Morgan fingerprint density at radius 2 is 2.04 bits per heavy atom. The van der Waals surface area contributed by atoms with Crippen LogP contribution in [-0.2, 0) is 4.79 Å². The summed E-state index contributed by atoms with van der Waals surface area (Å²) in [5, 5.41) is 11.7. The minimum Gasteiger partial charge on any atom is -0.481 e. The van der Waals surface area contributed by atoms with Crippen LogP contribution in [0.2, 0.25) is 0 Å². The minimum atomic E-state index is -0.871. The second-order valence-electron chi connectivity index (χ2n) is 6.99. The second kappa shape index (κ2) is 8.13. The van der Waals surface area contributed by atoms with Crippen LogP contribution in [0.5, 0.6) is 5.88 Å². The second-order valence-corrected chi connectivity index (χ2v) is 6.99. The Bertz CT molecular complexity index is 580. The van der Waals surface area contributed by atoms with Crippen molar-refractivity contribution in [3.05, 3.63) is 23.9 Å². The highest BCUT2D eigenvalue weighted by Gasteiger charge is 2.23. The number of nitrogens with zero attached hydrogens (tertiary/aromatic N) is 1. The number of nitrogens with one attached hydrogen (secondary N) is 1. The third-order valence-corrected chi connectivity index (χ3v) is 4.25. The molecule has 0 atom stereocenters. The first kappa shape index (κ1) is 18.2. The van der Waals surface area contributed by atoms with Gasteiger partial charge in [0.05, 0.1) is 0 Å². The van der Waals surface area contributed by atoms with Gasteiger partial charge in [-0.2, -0.15) is 0 Å². The molecule has 132 valence electrons. The lowest BCUT2D eigenvalue weighted by molar-refractivity contribution is -0.137. The highest BCUT2D eigenvalue weighted by molar-refractivity contribution is 5.94. The van der Waals surface area contributed by atoms with E-state index in [0.717, 1.165) is 12.8 Å². The van der Waals surface area contributed by atoms with Crippen LogP contribution in [0.3, 0.4) is 0 Å². The average molecular weight is 334 g/mol. The van der Waals surface area contributed by atoms with Crippen molar-refractivity contribution < 1.29 is 19.4 Å². The number of amides is 1. The van der Waals surface area contributed by atoms with E-state index in [1.807, 2.05) is 13.8 Å². The smallest absolute Gasteiger partial charge is 0.303 e. The van der Waals surface area contributed by atoms with Crippen LogP contribution in [0, 0.1) is 0 Å². The summed E-state index contributed by atoms with van der Waals surface area (Å²) in [6, 6.07) is 3.29. The van der Waals surface area contributed by atoms with Crippen molar-refractivity contribution in [3.8, 4) is 5.88 Å². The van der Waals surface area contributed by atoms with Gasteiger partial charge < -0.3 is 15.2 Å². The van der Waals surface area contributed by atoms with Gasteiger partial charge in [-0.15, -0.1) is 0 Å². The maximum absolute atomic E-state index is 12.4. The summed E-state index contributed by atoms with van der Waals surface area (Å²) in [6.45, 7) is 3.63. The Kier molecular flexibility index (Phi) is 6.17. The molecule has 0 bridgehead atoms. The van der Waals surface area contributed by atoms with E-state index in [4.69, 9.17) is 9.84 Å². The van der Waals surface area contributed by atoms with E-state index in [2.05, 4.69) is 10.3 Å². The fraction of sp³-hybridized carbons (Fsp3) is 0.611. The monoisotopic (exact) mass is 334 g/mol. The molecule has 0 radical (unpaired) electrons. The molecule has 1 saturated carbocycles. The van der Waals surface area contributed by atoms with Gasteiger partial charge >= 0.3 is 5.97 Å². The number of rotatable bonds is 7. The number of carbonyl (C=O) groups excluding carboxylic acids is 1. The van der Waals surface area contributed by atoms with Gasteiger partial charge in [0.2, 0.25) is 5.88 Å². The number of hydrogen-bond acceptors (Lipinski definition) is 4. The van der Waals surface area contributed by atoms with E-state index in [1.165, 1.54) is 19.3 Å². The molecule has 24 heavy (non-hydrogen) atoms. The Hall–Kier alpha value is -2.11. The Balaban J connectivity index is 1.96. The van der Waals surface area contributed by atoms with Gasteiger partial charge in [0.15, 0.2) is 0 Å². The molecular weight excluding hydrogens is 308 g/mol. The normalized spacial score (nSPS) is 15.8. The van der Waals surface area contributed by atoms with Crippen molar-refractivity contribution in [2.75, 3.05) is 0 Å². The summed E-state index contributed by atoms with van der Waals surface area (Å²) in [5.41, 5.74) is -0.123.